The van der Waals surface area contributed by atoms with Gasteiger partial charge in [-0.25, -0.2) is 9.18 Å². The molecule has 1 saturated heterocycles. The van der Waals surface area contributed by atoms with E-state index in [2.05, 4.69) is 20.8 Å². The van der Waals surface area contributed by atoms with E-state index in [0.717, 1.165) is 30.4 Å². The van der Waals surface area contributed by atoms with E-state index in [1.54, 1.807) is 0 Å². The van der Waals surface area contributed by atoms with Crippen LogP contribution in [0.3, 0.4) is 0 Å². The summed E-state index contributed by atoms with van der Waals surface area (Å²) in [6, 6.07) is 5.18. The van der Waals surface area contributed by atoms with Gasteiger partial charge in [0.1, 0.15) is 11.4 Å². The summed E-state index contributed by atoms with van der Waals surface area (Å²) < 4.78 is 20.4. The van der Waals surface area contributed by atoms with Crippen molar-refractivity contribution in [3.63, 3.8) is 0 Å². The van der Waals surface area contributed by atoms with Crippen LogP contribution < -0.4 is 0 Å². The molecule has 132 valence electrons. The highest BCUT2D eigenvalue weighted by Gasteiger charge is 2.54. The van der Waals surface area contributed by atoms with Crippen molar-refractivity contribution >= 4 is 22.0 Å². The molecule has 1 spiro atoms. The second-order valence-electron chi connectivity index (χ2n) is 7.80. The van der Waals surface area contributed by atoms with Crippen molar-refractivity contribution in [2.24, 2.45) is 0 Å². The molecular formula is C18H24BrFN2O2. The van der Waals surface area contributed by atoms with Gasteiger partial charge in [0.2, 0.25) is 0 Å². The van der Waals surface area contributed by atoms with Gasteiger partial charge in [-0.05, 0) is 45.7 Å². The number of rotatable bonds is 2. The molecule has 0 atom stereocenters. The lowest BCUT2D eigenvalue weighted by atomic mass is 10.1. The number of nitrogens with zero attached hydrogens (tertiary/aromatic N) is 2. The van der Waals surface area contributed by atoms with Gasteiger partial charge in [-0.3, -0.25) is 9.80 Å². The topological polar surface area (TPSA) is 32.8 Å². The van der Waals surface area contributed by atoms with Crippen molar-refractivity contribution in [3.05, 3.63) is 34.1 Å². The molecular weight excluding hydrogens is 375 g/mol. The molecule has 2 fully saturated rings. The monoisotopic (exact) mass is 398 g/mol. The number of carbonyl (C=O) groups excluding carboxylic acids is 1. The van der Waals surface area contributed by atoms with E-state index in [-0.39, 0.29) is 17.4 Å². The van der Waals surface area contributed by atoms with Gasteiger partial charge in [0, 0.05) is 36.2 Å². The first-order valence-corrected chi connectivity index (χ1v) is 9.15. The fraction of sp³-hybridized carbons (Fsp3) is 0.611. The molecule has 0 unspecified atom stereocenters. The maximum absolute atomic E-state index is 14.1. The highest BCUT2D eigenvalue weighted by molar-refractivity contribution is 9.10. The van der Waals surface area contributed by atoms with Crippen LogP contribution in [0.4, 0.5) is 9.18 Å². The Labute approximate surface area is 151 Å². The minimum absolute atomic E-state index is 0.119. The molecule has 2 aliphatic rings. The standard InChI is InChI=1S/C18H24BrFN2O2/c1-17(2,3)24-16(23)22-9-8-21(12-18(22)6-7-18)11-13-4-5-14(19)10-15(13)20/h4-5,10H,6-9,11-12H2,1-3H3. The smallest absolute Gasteiger partial charge is 0.410 e. The Balaban J connectivity index is 1.65. The van der Waals surface area contributed by atoms with Crippen LogP contribution >= 0.6 is 15.9 Å². The van der Waals surface area contributed by atoms with Crippen molar-refractivity contribution in [3.8, 4) is 0 Å². The molecule has 1 heterocycles. The van der Waals surface area contributed by atoms with Crippen molar-refractivity contribution in [2.45, 2.75) is 51.3 Å². The Morgan fingerprint density at radius 3 is 2.62 bits per heavy atom. The molecule has 0 bridgehead atoms. The van der Waals surface area contributed by atoms with E-state index in [4.69, 9.17) is 4.74 Å². The number of benzene rings is 1. The Kier molecular flexibility index (Phi) is 4.64. The molecule has 6 heteroatoms. The second-order valence-corrected chi connectivity index (χ2v) is 8.72. The molecule has 1 aliphatic carbocycles. The normalized spacial score (nSPS) is 20.3. The number of piperazine rings is 1. The van der Waals surface area contributed by atoms with Gasteiger partial charge in [0.25, 0.3) is 0 Å². The Bertz CT molecular complexity index is 640. The first-order valence-electron chi connectivity index (χ1n) is 8.35. The second kappa shape index (κ2) is 6.30. The van der Waals surface area contributed by atoms with Crippen LogP contribution in [0.1, 0.15) is 39.2 Å². The molecule has 4 nitrogen and oxygen atoms in total. The fourth-order valence-electron chi connectivity index (χ4n) is 3.26. The van der Waals surface area contributed by atoms with E-state index in [1.165, 1.54) is 6.07 Å². The number of halogens is 2. The van der Waals surface area contributed by atoms with Gasteiger partial charge in [-0.2, -0.15) is 0 Å². The number of ether oxygens (including phenoxy) is 1. The Morgan fingerprint density at radius 1 is 1.33 bits per heavy atom. The average molecular weight is 399 g/mol. The number of hydrogen-bond acceptors (Lipinski definition) is 3. The average Bonchev–Trinajstić information content (AvgIpc) is 3.20. The van der Waals surface area contributed by atoms with Gasteiger partial charge in [-0.1, -0.05) is 22.0 Å². The molecule has 1 aliphatic heterocycles. The highest BCUT2D eigenvalue weighted by atomic mass is 79.9. The predicted octanol–water partition coefficient (Wildman–Crippen LogP) is 4.17. The quantitative estimate of drug-likeness (QED) is 0.748. The van der Waals surface area contributed by atoms with Crippen LogP contribution in [0.2, 0.25) is 0 Å². The van der Waals surface area contributed by atoms with E-state index in [0.29, 0.717) is 18.7 Å². The lowest BCUT2D eigenvalue weighted by Crippen LogP contribution is -2.57. The van der Waals surface area contributed by atoms with E-state index >= 15 is 0 Å². The summed E-state index contributed by atoms with van der Waals surface area (Å²) in [6.45, 7) is 8.37. The Morgan fingerprint density at radius 2 is 2.04 bits per heavy atom. The van der Waals surface area contributed by atoms with Crippen LogP contribution in [0.25, 0.3) is 0 Å². The van der Waals surface area contributed by atoms with Crippen molar-refractivity contribution in [2.75, 3.05) is 19.6 Å². The zero-order valence-corrected chi connectivity index (χ0v) is 16.0. The summed E-state index contributed by atoms with van der Waals surface area (Å²) in [4.78, 5) is 16.6. The summed E-state index contributed by atoms with van der Waals surface area (Å²) in [5.41, 5.74) is 0.0943. The van der Waals surface area contributed by atoms with E-state index in [1.807, 2.05) is 37.8 Å². The van der Waals surface area contributed by atoms with Crippen LogP contribution in [0, 0.1) is 5.82 Å². The lowest BCUT2D eigenvalue weighted by molar-refractivity contribution is -0.00822. The summed E-state index contributed by atoms with van der Waals surface area (Å²) in [5, 5.41) is 0. The molecule has 1 amide bonds. The molecule has 0 N–H and O–H groups in total. The van der Waals surface area contributed by atoms with Crippen LogP contribution in [-0.2, 0) is 11.3 Å². The number of hydrogen-bond donors (Lipinski definition) is 0. The van der Waals surface area contributed by atoms with Crippen molar-refractivity contribution in [1.82, 2.24) is 9.80 Å². The maximum atomic E-state index is 14.1. The first-order chi connectivity index (χ1) is 11.2. The molecule has 1 saturated carbocycles. The van der Waals surface area contributed by atoms with Gasteiger partial charge in [0.15, 0.2) is 0 Å². The molecule has 1 aromatic rings. The van der Waals surface area contributed by atoms with Crippen molar-refractivity contribution < 1.29 is 13.9 Å². The fourth-order valence-corrected chi connectivity index (χ4v) is 3.59. The van der Waals surface area contributed by atoms with Gasteiger partial charge in [-0.15, -0.1) is 0 Å². The zero-order chi connectivity index (χ0) is 17.5. The third kappa shape index (κ3) is 3.91. The van der Waals surface area contributed by atoms with Crippen LogP contribution in [-0.4, -0.2) is 46.7 Å². The minimum Gasteiger partial charge on any atom is -0.444 e. The number of amides is 1. The van der Waals surface area contributed by atoms with Gasteiger partial charge in [0.05, 0.1) is 5.54 Å². The summed E-state index contributed by atoms with van der Waals surface area (Å²) in [5.74, 6) is -0.191. The molecule has 1 aromatic carbocycles. The molecule has 3 rings (SSSR count). The van der Waals surface area contributed by atoms with Crippen LogP contribution in [0.15, 0.2) is 22.7 Å². The molecule has 0 radical (unpaired) electrons. The molecule has 24 heavy (non-hydrogen) atoms. The van der Waals surface area contributed by atoms with Crippen LogP contribution in [0.5, 0.6) is 0 Å². The van der Waals surface area contributed by atoms with Crippen molar-refractivity contribution in [1.29, 1.82) is 0 Å². The SMILES string of the molecule is CC(C)(C)OC(=O)N1CCN(Cc2ccc(Br)cc2F)CC12CC2. The summed E-state index contributed by atoms with van der Waals surface area (Å²) in [6.07, 6.45) is 1.76. The molecule has 0 aromatic heterocycles. The van der Waals surface area contributed by atoms with Gasteiger partial charge < -0.3 is 4.74 Å². The Hall–Kier alpha value is -1.14. The van der Waals surface area contributed by atoms with E-state index < -0.39 is 5.60 Å². The maximum Gasteiger partial charge on any atom is 0.410 e. The highest BCUT2D eigenvalue weighted by Crippen LogP contribution is 2.45. The summed E-state index contributed by atoms with van der Waals surface area (Å²) >= 11 is 3.29. The predicted molar refractivity (Wildman–Crippen MR) is 94.3 cm³/mol. The first kappa shape index (κ1) is 17.7. The lowest BCUT2D eigenvalue weighted by Gasteiger charge is -2.42. The van der Waals surface area contributed by atoms with Gasteiger partial charge >= 0.3 is 6.09 Å². The third-order valence-electron chi connectivity index (χ3n) is 4.58. The zero-order valence-electron chi connectivity index (χ0n) is 14.4. The largest absolute Gasteiger partial charge is 0.444 e. The minimum atomic E-state index is -0.481. The summed E-state index contributed by atoms with van der Waals surface area (Å²) in [7, 11) is 0. The number of carbonyl (C=O) groups is 1. The van der Waals surface area contributed by atoms with E-state index in [9.17, 15) is 9.18 Å². The third-order valence-corrected chi connectivity index (χ3v) is 5.07.